The lowest BCUT2D eigenvalue weighted by atomic mass is 10.1. The minimum absolute atomic E-state index is 0.0309. The van der Waals surface area contributed by atoms with Crippen LogP contribution in [0, 0.1) is 0 Å². The number of hydrogen-bond acceptors (Lipinski definition) is 4. The molecule has 0 aromatic heterocycles. The highest BCUT2D eigenvalue weighted by Crippen LogP contribution is 2.24. The third-order valence-corrected chi connectivity index (χ3v) is 3.90. The predicted octanol–water partition coefficient (Wildman–Crippen LogP) is 2.39. The maximum Gasteiger partial charge on any atom is 0.573 e. The highest BCUT2D eigenvalue weighted by molar-refractivity contribution is 5.79. The number of likely N-dealkylation sites (tertiary alicyclic amines) is 1. The van der Waals surface area contributed by atoms with E-state index in [1.54, 1.807) is 19.1 Å². The van der Waals surface area contributed by atoms with Crippen molar-refractivity contribution < 1.29 is 32.2 Å². The van der Waals surface area contributed by atoms with Crippen LogP contribution in [-0.4, -0.2) is 56.7 Å². The third-order valence-electron chi connectivity index (χ3n) is 3.90. The molecule has 2 atom stereocenters. The van der Waals surface area contributed by atoms with Crippen molar-refractivity contribution in [3.63, 3.8) is 0 Å². The van der Waals surface area contributed by atoms with Crippen LogP contribution in [0.15, 0.2) is 24.3 Å². The molecule has 0 radical (unpaired) electrons. The van der Waals surface area contributed by atoms with E-state index < -0.39 is 6.36 Å². The summed E-state index contributed by atoms with van der Waals surface area (Å²) in [4.78, 5) is 14.2. The van der Waals surface area contributed by atoms with Crippen LogP contribution >= 0.6 is 0 Å². The zero-order chi connectivity index (χ0) is 17.7. The molecule has 1 aromatic carbocycles. The first-order chi connectivity index (χ1) is 11.3. The van der Waals surface area contributed by atoms with Crippen molar-refractivity contribution in [1.82, 2.24) is 4.90 Å². The van der Waals surface area contributed by atoms with Gasteiger partial charge in [-0.1, -0.05) is 12.1 Å². The van der Waals surface area contributed by atoms with Crippen LogP contribution in [-0.2, 0) is 20.7 Å². The van der Waals surface area contributed by atoms with E-state index >= 15 is 0 Å². The van der Waals surface area contributed by atoms with Crippen molar-refractivity contribution in [3.05, 3.63) is 29.8 Å². The molecular formula is C16H20F3NO4. The summed E-state index contributed by atoms with van der Waals surface area (Å²) in [5.74, 6) is -0.419. The van der Waals surface area contributed by atoms with Crippen molar-refractivity contribution >= 4 is 5.91 Å². The Hall–Kier alpha value is -1.80. The van der Waals surface area contributed by atoms with Crippen LogP contribution in [0.25, 0.3) is 0 Å². The van der Waals surface area contributed by atoms with Crippen molar-refractivity contribution in [3.8, 4) is 5.75 Å². The van der Waals surface area contributed by atoms with Gasteiger partial charge in [-0.15, -0.1) is 13.2 Å². The second-order valence-corrected chi connectivity index (χ2v) is 5.62. The average Bonchev–Trinajstić information content (AvgIpc) is 2.91. The first-order valence-electron chi connectivity index (χ1n) is 7.48. The van der Waals surface area contributed by atoms with Gasteiger partial charge in [-0.3, -0.25) is 4.79 Å². The molecular weight excluding hydrogens is 327 g/mol. The Morgan fingerprint density at radius 1 is 1.25 bits per heavy atom. The fourth-order valence-electron chi connectivity index (χ4n) is 2.79. The molecule has 0 aliphatic carbocycles. The van der Waals surface area contributed by atoms with Crippen LogP contribution in [0.2, 0.25) is 0 Å². The number of halogens is 3. The van der Waals surface area contributed by atoms with Gasteiger partial charge in [0, 0.05) is 20.8 Å². The zero-order valence-corrected chi connectivity index (χ0v) is 13.5. The minimum Gasteiger partial charge on any atom is -0.406 e. The number of benzene rings is 1. The van der Waals surface area contributed by atoms with E-state index in [0.29, 0.717) is 25.1 Å². The topological polar surface area (TPSA) is 48.0 Å². The SMILES string of the molecule is COC[C@@H]1C[C@H](OC)CN1C(=O)Cc1ccc(OC(F)(F)F)cc1. The van der Waals surface area contributed by atoms with Crippen LogP contribution in [0.1, 0.15) is 12.0 Å². The molecule has 0 bridgehead atoms. The van der Waals surface area contributed by atoms with E-state index in [1.807, 2.05) is 0 Å². The van der Waals surface area contributed by atoms with E-state index in [4.69, 9.17) is 9.47 Å². The summed E-state index contributed by atoms with van der Waals surface area (Å²) in [6.45, 7) is 0.905. The highest BCUT2D eigenvalue weighted by atomic mass is 19.4. The number of ether oxygens (including phenoxy) is 3. The molecule has 1 fully saturated rings. The number of alkyl halides is 3. The predicted molar refractivity (Wildman–Crippen MR) is 79.6 cm³/mol. The van der Waals surface area contributed by atoms with Gasteiger partial charge >= 0.3 is 6.36 Å². The average molecular weight is 347 g/mol. The molecule has 1 amide bonds. The van der Waals surface area contributed by atoms with Gasteiger partial charge in [-0.2, -0.15) is 0 Å². The van der Waals surface area contributed by atoms with Crippen molar-refractivity contribution in [2.45, 2.75) is 31.3 Å². The largest absolute Gasteiger partial charge is 0.573 e. The van der Waals surface area contributed by atoms with Crippen LogP contribution < -0.4 is 4.74 Å². The Labute approximate surface area is 138 Å². The molecule has 2 rings (SSSR count). The quantitative estimate of drug-likeness (QED) is 0.793. The lowest BCUT2D eigenvalue weighted by Gasteiger charge is -2.24. The number of rotatable bonds is 6. The van der Waals surface area contributed by atoms with Gasteiger partial charge in [0.2, 0.25) is 5.91 Å². The Kier molecular flexibility index (Phi) is 6.06. The molecule has 134 valence electrons. The van der Waals surface area contributed by atoms with E-state index in [1.165, 1.54) is 24.3 Å². The Balaban J connectivity index is 1.98. The summed E-state index contributed by atoms with van der Waals surface area (Å²) >= 11 is 0. The molecule has 0 spiro atoms. The molecule has 0 N–H and O–H groups in total. The van der Waals surface area contributed by atoms with Gasteiger partial charge in [0.15, 0.2) is 0 Å². The molecule has 1 aromatic rings. The Morgan fingerprint density at radius 3 is 2.46 bits per heavy atom. The normalized spacial score (nSPS) is 21.1. The van der Waals surface area contributed by atoms with E-state index in [0.717, 1.165) is 0 Å². The number of carbonyl (C=O) groups excluding carboxylic acids is 1. The van der Waals surface area contributed by atoms with Crippen molar-refractivity contribution in [1.29, 1.82) is 0 Å². The van der Waals surface area contributed by atoms with Crippen LogP contribution in [0.4, 0.5) is 13.2 Å². The smallest absolute Gasteiger partial charge is 0.406 e. The van der Waals surface area contributed by atoms with Gasteiger partial charge in [-0.25, -0.2) is 0 Å². The number of methoxy groups -OCH3 is 2. The minimum atomic E-state index is -4.73. The first-order valence-corrected chi connectivity index (χ1v) is 7.48. The Bertz CT molecular complexity index is 547. The second-order valence-electron chi connectivity index (χ2n) is 5.62. The summed E-state index contributed by atoms with van der Waals surface area (Å²) in [7, 11) is 3.17. The first kappa shape index (κ1) is 18.5. The fourth-order valence-corrected chi connectivity index (χ4v) is 2.79. The number of carbonyl (C=O) groups is 1. The lowest BCUT2D eigenvalue weighted by Crippen LogP contribution is -2.39. The summed E-state index contributed by atoms with van der Waals surface area (Å²) in [5, 5.41) is 0. The molecule has 1 aliphatic rings. The van der Waals surface area contributed by atoms with E-state index in [9.17, 15) is 18.0 Å². The van der Waals surface area contributed by atoms with Crippen LogP contribution in [0.3, 0.4) is 0 Å². The van der Waals surface area contributed by atoms with E-state index in [2.05, 4.69) is 4.74 Å². The number of nitrogens with zero attached hydrogens (tertiary/aromatic N) is 1. The summed E-state index contributed by atoms with van der Waals surface area (Å²) in [5.41, 5.74) is 0.617. The van der Waals surface area contributed by atoms with Gasteiger partial charge in [-0.05, 0) is 24.1 Å². The molecule has 0 saturated carbocycles. The standard InChI is InChI=1S/C16H20F3NO4/c1-22-10-12-8-14(23-2)9-20(12)15(21)7-11-3-5-13(6-4-11)24-16(17,18)19/h3-6,12,14H,7-10H2,1-2H3/t12-,14-/m0/s1. The zero-order valence-electron chi connectivity index (χ0n) is 13.5. The van der Waals surface area contributed by atoms with Crippen LogP contribution in [0.5, 0.6) is 5.75 Å². The summed E-state index contributed by atoms with van der Waals surface area (Å²) in [6, 6.07) is 5.25. The molecule has 1 aliphatic heterocycles. The molecule has 0 unspecified atom stereocenters. The number of hydrogen-bond donors (Lipinski definition) is 0. The summed E-state index contributed by atoms with van der Waals surface area (Å²) < 4.78 is 50.7. The third kappa shape index (κ3) is 5.10. The van der Waals surface area contributed by atoms with Gasteiger partial charge in [0.1, 0.15) is 5.75 Å². The van der Waals surface area contributed by atoms with Gasteiger partial charge < -0.3 is 19.1 Å². The van der Waals surface area contributed by atoms with Crippen molar-refractivity contribution in [2.24, 2.45) is 0 Å². The Morgan fingerprint density at radius 2 is 1.92 bits per heavy atom. The van der Waals surface area contributed by atoms with Gasteiger partial charge in [0.05, 0.1) is 25.2 Å². The molecule has 8 heteroatoms. The maximum absolute atomic E-state index is 12.5. The second kappa shape index (κ2) is 7.85. The molecule has 24 heavy (non-hydrogen) atoms. The van der Waals surface area contributed by atoms with Crippen molar-refractivity contribution in [2.75, 3.05) is 27.4 Å². The molecule has 5 nitrogen and oxygen atoms in total. The summed E-state index contributed by atoms with van der Waals surface area (Å²) in [6.07, 6.45) is -3.95. The van der Waals surface area contributed by atoms with E-state index in [-0.39, 0.29) is 30.2 Å². The van der Waals surface area contributed by atoms with Gasteiger partial charge in [0.25, 0.3) is 0 Å². The fraction of sp³-hybridized carbons (Fsp3) is 0.562. The maximum atomic E-state index is 12.5. The molecule has 1 saturated heterocycles. The monoisotopic (exact) mass is 347 g/mol. The highest BCUT2D eigenvalue weighted by Gasteiger charge is 2.35. The number of amides is 1. The lowest BCUT2D eigenvalue weighted by molar-refractivity contribution is -0.274. The molecule has 1 heterocycles.